The fraction of sp³-hybridized carbons (Fsp3) is 0.245. The molecular formula is C53H50O2. The Kier molecular flexibility index (Phi) is 12.5. The summed E-state index contributed by atoms with van der Waals surface area (Å²) >= 11 is 0. The highest BCUT2D eigenvalue weighted by Gasteiger charge is 2.12. The largest absolute Gasteiger partial charge is 0.492 e. The first-order valence-corrected chi connectivity index (χ1v) is 20.1. The molecule has 0 bridgehead atoms. The lowest BCUT2D eigenvalue weighted by atomic mass is 9.92. The summed E-state index contributed by atoms with van der Waals surface area (Å²) in [6, 6.07) is 40.8. The van der Waals surface area contributed by atoms with Gasteiger partial charge in [0.05, 0.1) is 24.3 Å². The summed E-state index contributed by atoms with van der Waals surface area (Å²) in [6.07, 6.45) is 13.5. The zero-order chi connectivity index (χ0) is 37.8. The molecule has 0 saturated carbocycles. The highest BCUT2D eigenvalue weighted by Crippen LogP contribution is 2.36. The molecule has 0 radical (unpaired) electrons. The van der Waals surface area contributed by atoms with Gasteiger partial charge in [0.15, 0.2) is 0 Å². The van der Waals surface area contributed by atoms with E-state index in [0.29, 0.717) is 13.2 Å². The molecule has 0 amide bonds. The molecule has 0 aliphatic heterocycles. The lowest BCUT2D eigenvalue weighted by Crippen LogP contribution is -2.03. The molecule has 2 nitrogen and oxygen atoms in total. The van der Waals surface area contributed by atoms with Gasteiger partial charge in [-0.25, -0.2) is 0 Å². The van der Waals surface area contributed by atoms with Crippen LogP contribution in [0, 0.1) is 30.6 Å². The minimum absolute atomic E-state index is 0.643. The smallest absolute Gasteiger partial charge is 0.136 e. The minimum atomic E-state index is 0.643. The lowest BCUT2D eigenvalue weighted by Gasteiger charge is -2.14. The van der Waals surface area contributed by atoms with E-state index < -0.39 is 0 Å². The van der Waals surface area contributed by atoms with Crippen molar-refractivity contribution in [3.05, 3.63) is 154 Å². The molecule has 0 heterocycles. The van der Waals surface area contributed by atoms with Gasteiger partial charge in [-0.1, -0.05) is 173 Å². The Hall–Kier alpha value is -5.96. The topological polar surface area (TPSA) is 18.5 Å². The van der Waals surface area contributed by atoms with Gasteiger partial charge in [0, 0.05) is 23.3 Å². The summed E-state index contributed by atoms with van der Waals surface area (Å²) in [5, 5.41) is 7.81. The maximum Gasteiger partial charge on any atom is 0.136 e. The van der Waals surface area contributed by atoms with E-state index in [0.717, 1.165) is 65.0 Å². The summed E-state index contributed by atoms with van der Waals surface area (Å²) in [5.41, 5.74) is 7.12. The molecule has 0 aliphatic carbocycles. The van der Waals surface area contributed by atoms with Crippen LogP contribution in [0.4, 0.5) is 0 Å². The van der Waals surface area contributed by atoms with Crippen molar-refractivity contribution < 1.29 is 9.47 Å². The third-order valence-corrected chi connectivity index (χ3v) is 10.3. The van der Waals surface area contributed by atoms with E-state index in [1.807, 2.05) is 12.1 Å². The molecule has 7 aromatic carbocycles. The van der Waals surface area contributed by atoms with Gasteiger partial charge in [-0.15, -0.1) is 0 Å². The maximum absolute atomic E-state index is 6.42. The summed E-state index contributed by atoms with van der Waals surface area (Å²) in [7, 11) is 0. The third-order valence-electron chi connectivity index (χ3n) is 10.3. The number of aryl methyl sites for hydroxylation is 1. The van der Waals surface area contributed by atoms with Crippen LogP contribution in [-0.2, 0) is 0 Å². The van der Waals surface area contributed by atoms with Crippen molar-refractivity contribution in [1.29, 1.82) is 0 Å². The molecule has 7 aromatic rings. The van der Waals surface area contributed by atoms with Crippen LogP contribution in [0.25, 0.3) is 44.5 Å². The molecule has 0 aliphatic rings. The van der Waals surface area contributed by atoms with E-state index in [1.54, 1.807) is 0 Å². The van der Waals surface area contributed by atoms with Crippen LogP contribution >= 0.6 is 0 Å². The molecule has 0 saturated heterocycles. The Bertz CT molecular complexity index is 2500. The van der Waals surface area contributed by atoms with Crippen molar-refractivity contribution in [1.82, 2.24) is 0 Å². The molecule has 0 N–H and O–H groups in total. The number of unbranched alkanes of at least 4 members (excludes halogenated alkanes) is 6. The fourth-order valence-electron chi connectivity index (χ4n) is 7.10. The molecule has 0 aromatic heterocycles. The lowest BCUT2D eigenvalue weighted by molar-refractivity contribution is 0.295. The fourth-order valence-corrected chi connectivity index (χ4v) is 7.10. The molecule has 0 spiro atoms. The van der Waals surface area contributed by atoms with Crippen LogP contribution in [0.1, 0.15) is 104 Å². The monoisotopic (exact) mass is 718 g/mol. The summed E-state index contributed by atoms with van der Waals surface area (Å²) < 4.78 is 12.8. The Morgan fingerprint density at radius 1 is 0.491 bits per heavy atom. The number of rotatable bonds is 14. The molecule has 0 unspecified atom stereocenters. The second-order valence-corrected chi connectivity index (χ2v) is 14.5. The van der Waals surface area contributed by atoms with Crippen LogP contribution in [-0.4, -0.2) is 13.2 Å². The van der Waals surface area contributed by atoms with Crippen molar-refractivity contribution in [2.45, 2.75) is 72.1 Å². The Labute approximate surface area is 327 Å². The zero-order valence-electron chi connectivity index (χ0n) is 32.5. The second kappa shape index (κ2) is 18.4. The molecule has 7 rings (SSSR count). The van der Waals surface area contributed by atoms with Crippen molar-refractivity contribution in [3.8, 4) is 35.2 Å². The van der Waals surface area contributed by atoms with Gasteiger partial charge in [0.1, 0.15) is 11.5 Å². The predicted molar refractivity (Wildman–Crippen MR) is 234 cm³/mol. The van der Waals surface area contributed by atoms with Gasteiger partial charge >= 0.3 is 0 Å². The average Bonchev–Trinajstić information content (AvgIpc) is 3.22. The SMILES string of the molecule is CCCCCCOc1cc(C#Cc2ccc(/C=C/c3ccc4ccc5cccc6ccc3c4c56)cc2)c(OCCCCCC)cc1C#Cc1ccc(C)cc1. The van der Waals surface area contributed by atoms with Gasteiger partial charge in [-0.05, 0) is 87.5 Å². The van der Waals surface area contributed by atoms with Crippen LogP contribution in [0.3, 0.4) is 0 Å². The first-order valence-electron chi connectivity index (χ1n) is 20.1. The predicted octanol–water partition coefficient (Wildman–Crippen LogP) is 13.8. The van der Waals surface area contributed by atoms with E-state index in [4.69, 9.17) is 9.47 Å². The Balaban J connectivity index is 1.15. The quantitative estimate of drug-likeness (QED) is 0.0482. The van der Waals surface area contributed by atoms with Gasteiger partial charge in [0.2, 0.25) is 0 Å². The van der Waals surface area contributed by atoms with Crippen LogP contribution in [0.2, 0.25) is 0 Å². The summed E-state index contributed by atoms with van der Waals surface area (Å²) in [4.78, 5) is 0. The van der Waals surface area contributed by atoms with E-state index in [1.165, 1.54) is 69.1 Å². The number of ether oxygens (including phenoxy) is 2. The van der Waals surface area contributed by atoms with Crippen molar-refractivity contribution in [2.75, 3.05) is 13.2 Å². The second-order valence-electron chi connectivity index (χ2n) is 14.5. The van der Waals surface area contributed by atoms with E-state index in [2.05, 4.69) is 160 Å². The summed E-state index contributed by atoms with van der Waals surface area (Å²) in [6.45, 7) is 7.83. The highest BCUT2D eigenvalue weighted by atomic mass is 16.5. The normalized spacial score (nSPS) is 11.2. The van der Waals surface area contributed by atoms with Crippen molar-refractivity contribution in [2.24, 2.45) is 0 Å². The maximum atomic E-state index is 6.42. The van der Waals surface area contributed by atoms with E-state index in [-0.39, 0.29) is 0 Å². The highest BCUT2D eigenvalue weighted by molar-refractivity contribution is 6.24. The van der Waals surface area contributed by atoms with Gasteiger partial charge in [-0.3, -0.25) is 0 Å². The van der Waals surface area contributed by atoms with Crippen LogP contribution in [0.5, 0.6) is 11.5 Å². The first-order chi connectivity index (χ1) is 27.1. The Morgan fingerprint density at radius 2 is 1.02 bits per heavy atom. The number of hydrogen-bond donors (Lipinski definition) is 0. The molecule has 55 heavy (non-hydrogen) atoms. The summed E-state index contributed by atoms with van der Waals surface area (Å²) in [5.74, 6) is 15.1. The number of benzene rings is 7. The average molecular weight is 719 g/mol. The molecular weight excluding hydrogens is 669 g/mol. The standard InChI is InChI=1S/C53H50O2/c1-4-6-8-10-35-54-50-38-48(51(55-36-11-9-7-5-2)37-47(50)27-24-40-17-15-39(3)16-18-40)28-25-42-21-19-41(20-22-42)23-26-43-29-30-46-32-31-44-13-12-14-45-33-34-49(43)53(46)52(44)45/h12-23,26,29-34,37-38H,4-11,35-36H2,1-3H3/b26-23+. The van der Waals surface area contributed by atoms with Gasteiger partial charge < -0.3 is 9.47 Å². The Morgan fingerprint density at radius 3 is 1.60 bits per heavy atom. The first kappa shape index (κ1) is 37.4. The number of hydrogen-bond acceptors (Lipinski definition) is 2. The third kappa shape index (κ3) is 9.41. The van der Waals surface area contributed by atoms with Crippen LogP contribution < -0.4 is 9.47 Å². The van der Waals surface area contributed by atoms with E-state index in [9.17, 15) is 0 Å². The van der Waals surface area contributed by atoms with Crippen molar-refractivity contribution >= 4 is 44.5 Å². The van der Waals surface area contributed by atoms with E-state index >= 15 is 0 Å². The molecule has 2 heteroatoms. The molecule has 274 valence electrons. The van der Waals surface area contributed by atoms with Gasteiger partial charge in [-0.2, -0.15) is 0 Å². The minimum Gasteiger partial charge on any atom is -0.492 e. The molecule has 0 atom stereocenters. The molecule has 0 fully saturated rings. The van der Waals surface area contributed by atoms with Gasteiger partial charge in [0.25, 0.3) is 0 Å². The van der Waals surface area contributed by atoms with Crippen molar-refractivity contribution in [3.63, 3.8) is 0 Å². The van der Waals surface area contributed by atoms with Crippen LogP contribution in [0.15, 0.2) is 115 Å². The zero-order valence-corrected chi connectivity index (χ0v) is 32.5.